The van der Waals surface area contributed by atoms with Gasteiger partial charge in [-0.3, -0.25) is 14.3 Å². The highest BCUT2D eigenvalue weighted by Crippen LogP contribution is 2.27. The number of hydrogen-bond donors (Lipinski definition) is 3. The van der Waals surface area contributed by atoms with Crippen LogP contribution in [0.15, 0.2) is 22.6 Å². The zero-order valence-corrected chi connectivity index (χ0v) is 13.8. The summed E-state index contributed by atoms with van der Waals surface area (Å²) in [6.07, 6.45) is 5.00. The Balaban J connectivity index is 2.12. The quantitative estimate of drug-likeness (QED) is 0.421. The zero-order chi connectivity index (χ0) is 16.1. The van der Waals surface area contributed by atoms with Gasteiger partial charge in [-0.05, 0) is 38.9 Å². The van der Waals surface area contributed by atoms with Crippen LogP contribution >= 0.6 is 12.2 Å². The Morgan fingerprint density at radius 1 is 1.59 bits per heavy atom. The molecule has 2 rings (SSSR count). The number of aliphatic hydroxyl groups is 1. The van der Waals surface area contributed by atoms with Gasteiger partial charge in [0.2, 0.25) is 0 Å². The highest BCUT2D eigenvalue weighted by molar-refractivity contribution is 7.71. The summed E-state index contributed by atoms with van der Waals surface area (Å²) in [5.41, 5.74) is 1.67. The minimum absolute atomic E-state index is 0.00426. The summed E-state index contributed by atoms with van der Waals surface area (Å²) < 4.78 is 7.84. The molecule has 1 aliphatic heterocycles. The molecule has 122 valence electrons. The van der Waals surface area contributed by atoms with Gasteiger partial charge >= 0.3 is 0 Å². The smallest absolute Gasteiger partial charge is 0.256 e. The second-order valence-electron chi connectivity index (χ2n) is 5.71. The van der Waals surface area contributed by atoms with Crippen LogP contribution in [-0.4, -0.2) is 33.9 Å². The molecule has 1 saturated heterocycles. The molecular formula is C15H23N3O3S. The number of nitrogens with zero attached hydrogens (tertiary/aromatic N) is 1. The molecule has 1 aromatic heterocycles. The first-order valence-corrected chi connectivity index (χ1v) is 7.87. The molecule has 0 radical (unpaired) electrons. The molecule has 2 atom stereocenters. The average Bonchev–Trinajstić information content (AvgIpc) is 2.94. The molecule has 0 aliphatic carbocycles. The van der Waals surface area contributed by atoms with Crippen LogP contribution in [0, 0.1) is 4.77 Å². The number of aromatic nitrogens is 2. The van der Waals surface area contributed by atoms with Crippen molar-refractivity contribution in [3.8, 4) is 0 Å². The normalized spacial score (nSPS) is 21.0. The molecule has 2 heterocycles. The fraction of sp³-hybridized carbons (Fsp3) is 0.600. The molecule has 7 heteroatoms. The predicted molar refractivity (Wildman–Crippen MR) is 87.3 cm³/mol. The van der Waals surface area contributed by atoms with Crippen LogP contribution in [0.1, 0.15) is 38.5 Å². The van der Waals surface area contributed by atoms with E-state index in [4.69, 9.17) is 22.1 Å². The maximum atomic E-state index is 12.0. The van der Waals surface area contributed by atoms with E-state index in [1.165, 1.54) is 5.57 Å². The number of H-pyrrole nitrogens is 1. The van der Waals surface area contributed by atoms with Gasteiger partial charge in [0.25, 0.3) is 5.56 Å². The Bertz CT molecular complexity index is 646. The van der Waals surface area contributed by atoms with E-state index in [2.05, 4.69) is 16.4 Å². The van der Waals surface area contributed by atoms with Crippen LogP contribution in [0.4, 0.5) is 0 Å². The number of nitrogens with one attached hydrogen (secondary N) is 2. The van der Waals surface area contributed by atoms with Crippen LogP contribution in [0.2, 0.25) is 0 Å². The molecule has 1 aliphatic rings. The van der Waals surface area contributed by atoms with E-state index in [0.29, 0.717) is 23.4 Å². The molecule has 0 amide bonds. The second kappa shape index (κ2) is 7.82. The first-order valence-electron chi connectivity index (χ1n) is 7.46. The number of rotatable bonds is 6. The molecule has 0 spiro atoms. The highest BCUT2D eigenvalue weighted by Gasteiger charge is 2.26. The standard InChI is InChI=1S/C15H23N3O3S/c1-10(2)5-6-16-7-11-8-18(15(22)17-14(11)20)13-4-3-12(9-19)21-13/h5,8,12-13,16,19H,3-4,6-7,9H2,1-2H3,(H,17,20,22)/t12?,13-/m1/s1. The lowest BCUT2D eigenvalue weighted by Gasteiger charge is -2.17. The SMILES string of the molecule is CC(C)=CCNCc1cn([C@H]2CCC(CO)O2)c(=S)[nH]c1=O. The van der Waals surface area contributed by atoms with Crippen molar-refractivity contribution in [1.82, 2.24) is 14.9 Å². The van der Waals surface area contributed by atoms with Crippen molar-refractivity contribution in [3.05, 3.63) is 38.5 Å². The van der Waals surface area contributed by atoms with E-state index in [9.17, 15) is 4.79 Å². The topological polar surface area (TPSA) is 79.3 Å². The third kappa shape index (κ3) is 4.36. The maximum absolute atomic E-state index is 12.0. The summed E-state index contributed by atoms with van der Waals surface area (Å²) >= 11 is 5.22. The van der Waals surface area contributed by atoms with E-state index in [1.54, 1.807) is 10.8 Å². The van der Waals surface area contributed by atoms with Crippen molar-refractivity contribution >= 4 is 12.2 Å². The molecule has 3 N–H and O–H groups in total. The predicted octanol–water partition coefficient (Wildman–Crippen LogP) is 1.63. The molecule has 6 nitrogen and oxygen atoms in total. The Morgan fingerprint density at radius 2 is 2.36 bits per heavy atom. The van der Waals surface area contributed by atoms with E-state index in [0.717, 1.165) is 12.8 Å². The third-order valence-electron chi connectivity index (χ3n) is 3.61. The Labute approximate surface area is 134 Å². The molecule has 22 heavy (non-hydrogen) atoms. The summed E-state index contributed by atoms with van der Waals surface area (Å²) in [5, 5.41) is 12.4. The van der Waals surface area contributed by atoms with Crippen molar-refractivity contribution in [2.24, 2.45) is 0 Å². The van der Waals surface area contributed by atoms with E-state index >= 15 is 0 Å². The minimum atomic E-state index is -0.224. The molecular weight excluding hydrogens is 302 g/mol. The number of aliphatic hydroxyl groups excluding tert-OH is 1. The van der Waals surface area contributed by atoms with Crippen molar-refractivity contribution in [1.29, 1.82) is 0 Å². The van der Waals surface area contributed by atoms with Crippen molar-refractivity contribution in [2.45, 2.75) is 45.6 Å². The fourth-order valence-corrected chi connectivity index (χ4v) is 2.64. The van der Waals surface area contributed by atoms with Gasteiger partial charge in [0.1, 0.15) is 6.23 Å². The van der Waals surface area contributed by atoms with E-state index in [-0.39, 0.29) is 24.5 Å². The summed E-state index contributed by atoms with van der Waals surface area (Å²) in [6.45, 7) is 5.24. The molecule has 1 aromatic rings. The monoisotopic (exact) mass is 325 g/mol. The minimum Gasteiger partial charge on any atom is -0.394 e. The molecule has 0 aromatic carbocycles. The number of allylic oxidation sites excluding steroid dienone is 1. The van der Waals surface area contributed by atoms with Crippen LogP contribution in [0.25, 0.3) is 0 Å². The zero-order valence-electron chi connectivity index (χ0n) is 13.0. The lowest BCUT2D eigenvalue weighted by molar-refractivity contribution is -0.0238. The lowest BCUT2D eigenvalue weighted by Crippen LogP contribution is -2.25. The summed E-state index contributed by atoms with van der Waals surface area (Å²) in [5.74, 6) is 0. The van der Waals surface area contributed by atoms with Gasteiger partial charge in [-0.25, -0.2) is 0 Å². The van der Waals surface area contributed by atoms with Gasteiger partial charge in [-0.2, -0.15) is 0 Å². The molecule has 0 bridgehead atoms. The molecule has 1 unspecified atom stereocenters. The third-order valence-corrected chi connectivity index (χ3v) is 3.92. The van der Waals surface area contributed by atoms with Crippen molar-refractivity contribution < 1.29 is 9.84 Å². The van der Waals surface area contributed by atoms with Crippen molar-refractivity contribution in [3.63, 3.8) is 0 Å². The van der Waals surface area contributed by atoms with Gasteiger partial charge in [0.15, 0.2) is 4.77 Å². The molecule has 0 saturated carbocycles. The van der Waals surface area contributed by atoms with E-state index < -0.39 is 0 Å². The lowest BCUT2D eigenvalue weighted by atomic mass is 10.2. The molecule has 1 fully saturated rings. The van der Waals surface area contributed by atoms with Gasteiger partial charge in [-0.1, -0.05) is 11.6 Å². The van der Waals surface area contributed by atoms with Crippen molar-refractivity contribution in [2.75, 3.05) is 13.2 Å². The van der Waals surface area contributed by atoms with Crippen LogP contribution in [0.3, 0.4) is 0 Å². The van der Waals surface area contributed by atoms with Crippen LogP contribution in [-0.2, 0) is 11.3 Å². The largest absolute Gasteiger partial charge is 0.394 e. The van der Waals surface area contributed by atoms with Gasteiger partial charge in [-0.15, -0.1) is 0 Å². The number of hydrogen-bond acceptors (Lipinski definition) is 5. The maximum Gasteiger partial charge on any atom is 0.256 e. The van der Waals surface area contributed by atoms with Gasteiger partial charge in [0.05, 0.1) is 12.7 Å². The van der Waals surface area contributed by atoms with Crippen LogP contribution < -0.4 is 10.9 Å². The highest BCUT2D eigenvalue weighted by atomic mass is 32.1. The summed E-state index contributed by atoms with van der Waals surface area (Å²) in [6, 6.07) is 0. The van der Waals surface area contributed by atoms with E-state index in [1.807, 2.05) is 13.8 Å². The fourth-order valence-electron chi connectivity index (χ4n) is 2.38. The van der Waals surface area contributed by atoms with Gasteiger partial charge in [0, 0.05) is 24.8 Å². The number of ether oxygens (including phenoxy) is 1. The summed E-state index contributed by atoms with van der Waals surface area (Å²) in [7, 11) is 0. The van der Waals surface area contributed by atoms with Crippen LogP contribution in [0.5, 0.6) is 0 Å². The number of aromatic amines is 1. The first kappa shape index (κ1) is 17.1. The Kier molecular flexibility index (Phi) is 6.07. The summed E-state index contributed by atoms with van der Waals surface area (Å²) in [4.78, 5) is 14.7. The first-order chi connectivity index (χ1) is 10.5. The Morgan fingerprint density at radius 3 is 3.00 bits per heavy atom. The Hall–Kier alpha value is -1.28. The van der Waals surface area contributed by atoms with Gasteiger partial charge < -0.3 is 15.2 Å². The second-order valence-corrected chi connectivity index (χ2v) is 6.09. The average molecular weight is 325 g/mol.